The van der Waals surface area contributed by atoms with Crippen molar-refractivity contribution in [2.75, 3.05) is 0 Å². The second-order valence-corrected chi connectivity index (χ2v) is 14.6. The standard InChI is InChI=1S/C51H33N3/c1-2-13-32(14-3-1)33-25-27-34(28-26-33)43-21-12-24-46(38-18-6-9-20-44(38)52-43)54-48-30-36-16-5-4-15-35(36)29-40(48)42-31-41-37-17-7-10-22-45(37)53-47-23-11-8-19-39(47)49(50(41)53)51(42)54/h1-11,13-20,22-31H,12,21H2. The highest BCUT2D eigenvalue weighted by Gasteiger charge is 2.26. The molecular weight excluding hydrogens is 655 g/mol. The van der Waals surface area contributed by atoms with E-state index in [4.69, 9.17) is 4.99 Å². The number of para-hydroxylation sites is 3. The van der Waals surface area contributed by atoms with E-state index in [-0.39, 0.29) is 0 Å². The number of hydrogen-bond acceptors (Lipinski definition) is 1. The van der Waals surface area contributed by atoms with Gasteiger partial charge in [0, 0.05) is 43.6 Å². The van der Waals surface area contributed by atoms with Gasteiger partial charge in [-0.2, -0.15) is 0 Å². The number of aromatic nitrogens is 2. The van der Waals surface area contributed by atoms with Crippen LogP contribution >= 0.6 is 0 Å². The molecule has 252 valence electrons. The zero-order chi connectivity index (χ0) is 35.3. The molecule has 0 N–H and O–H groups in total. The zero-order valence-electron chi connectivity index (χ0n) is 29.5. The second-order valence-electron chi connectivity index (χ2n) is 14.6. The summed E-state index contributed by atoms with van der Waals surface area (Å²) in [6.07, 6.45) is 4.18. The van der Waals surface area contributed by atoms with Crippen molar-refractivity contribution in [1.29, 1.82) is 0 Å². The first-order valence-corrected chi connectivity index (χ1v) is 18.9. The third-order valence-corrected chi connectivity index (χ3v) is 11.7. The van der Waals surface area contributed by atoms with Crippen LogP contribution in [0.4, 0.5) is 5.69 Å². The van der Waals surface area contributed by atoms with E-state index in [1.165, 1.54) is 93.1 Å². The molecule has 0 bridgehead atoms. The van der Waals surface area contributed by atoms with Gasteiger partial charge in [0.1, 0.15) is 0 Å². The van der Waals surface area contributed by atoms with Crippen LogP contribution in [0, 0.1) is 0 Å². The van der Waals surface area contributed by atoms with E-state index in [1.807, 2.05) is 0 Å². The second kappa shape index (κ2) is 11.3. The fourth-order valence-electron chi connectivity index (χ4n) is 9.29. The highest BCUT2D eigenvalue weighted by atomic mass is 15.0. The highest BCUT2D eigenvalue weighted by molar-refractivity contribution is 6.35. The minimum atomic E-state index is 0.844. The van der Waals surface area contributed by atoms with Crippen LogP contribution in [0.2, 0.25) is 0 Å². The zero-order valence-corrected chi connectivity index (χ0v) is 29.5. The normalized spacial score (nSPS) is 13.6. The molecule has 3 nitrogen and oxygen atoms in total. The molecule has 0 aliphatic carbocycles. The number of aliphatic imine (C=N–C) groups is 1. The maximum atomic E-state index is 5.47. The van der Waals surface area contributed by atoms with E-state index in [1.54, 1.807) is 0 Å². The SMILES string of the molecule is C1=C(n2c3cc4ccccc4cc3c3cc4c5ccccc5n5c6ccccc6c(c32)c45)c2ccccc2N=C(c2ccc(-c3ccccc3)cc2)CC1. The van der Waals surface area contributed by atoms with Crippen LogP contribution in [0.15, 0.2) is 181 Å². The summed E-state index contributed by atoms with van der Waals surface area (Å²) in [5.74, 6) is 0. The lowest BCUT2D eigenvalue weighted by Crippen LogP contribution is -2.06. The predicted molar refractivity (Wildman–Crippen MR) is 229 cm³/mol. The number of allylic oxidation sites excluding steroid dienone is 1. The molecule has 4 heterocycles. The molecule has 3 heteroatoms. The van der Waals surface area contributed by atoms with Crippen molar-refractivity contribution in [2.45, 2.75) is 12.8 Å². The third-order valence-electron chi connectivity index (χ3n) is 11.7. The molecule has 11 aromatic rings. The predicted octanol–water partition coefficient (Wildman–Crippen LogP) is 13.6. The highest BCUT2D eigenvalue weighted by Crippen LogP contribution is 2.48. The van der Waals surface area contributed by atoms with Gasteiger partial charge in [0.25, 0.3) is 0 Å². The van der Waals surface area contributed by atoms with E-state index in [0.717, 1.165) is 29.8 Å². The summed E-state index contributed by atoms with van der Waals surface area (Å²) in [5.41, 5.74) is 14.3. The summed E-state index contributed by atoms with van der Waals surface area (Å²) in [6, 6.07) is 62.1. The van der Waals surface area contributed by atoms with Crippen molar-refractivity contribution in [2.24, 2.45) is 4.99 Å². The van der Waals surface area contributed by atoms with Crippen LogP contribution in [0.5, 0.6) is 0 Å². The Labute approximate surface area is 311 Å². The summed E-state index contributed by atoms with van der Waals surface area (Å²) in [7, 11) is 0. The Balaban J connectivity index is 1.15. The van der Waals surface area contributed by atoms with Crippen molar-refractivity contribution in [3.05, 3.63) is 187 Å². The molecule has 0 saturated carbocycles. The third kappa shape index (κ3) is 4.15. The molecule has 1 aliphatic rings. The summed E-state index contributed by atoms with van der Waals surface area (Å²) in [6.45, 7) is 0. The molecule has 3 aromatic heterocycles. The number of rotatable bonds is 3. The Bertz CT molecular complexity index is 3360. The topological polar surface area (TPSA) is 21.7 Å². The smallest absolute Gasteiger partial charge is 0.0726 e. The molecular formula is C51H33N3. The van der Waals surface area contributed by atoms with Gasteiger partial charge in [-0.05, 0) is 76.7 Å². The molecule has 0 spiro atoms. The van der Waals surface area contributed by atoms with Gasteiger partial charge < -0.3 is 8.97 Å². The Morgan fingerprint density at radius 2 is 1.07 bits per heavy atom. The van der Waals surface area contributed by atoms with E-state index in [9.17, 15) is 0 Å². The van der Waals surface area contributed by atoms with Gasteiger partial charge >= 0.3 is 0 Å². The maximum absolute atomic E-state index is 5.47. The van der Waals surface area contributed by atoms with Gasteiger partial charge in [-0.15, -0.1) is 0 Å². The average Bonchev–Trinajstić information content (AvgIpc) is 3.85. The lowest BCUT2D eigenvalue weighted by Gasteiger charge is -2.19. The van der Waals surface area contributed by atoms with Crippen LogP contribution in [0.1, 0.15) is 24.0 Å². The molecule has 0 fully saturated rings. The minimum absolute atomic E-state index is 0.844. The molecule has 0 unspecified atom stereocenters. The Morgan fingerprint density at radius 3 is 1.91 bits per heavy atom. The Kier molecular flexibility index (Phi) is 6.17. The number of nitrogens with zero attached hydrogens (tertiary/aromatic N) is 3. The van der Waals surface area contributed by atoms with Crippen molar-refractivity contribution < 1.29 is 0 Å². The van der Waals surface area contributed by atoms with Gasteiger partial charge in [-0.1, -0.05) is 140 Å². The van der Waals surface area contributed by atoms with Gasteiger partial charge in [-0.25, -0.2) is 0 Å². The van der Waals surface area contributed by atoms with Crippen LogP contribution in [-0.4, -0.2) is 14.7 Å². The first kappa shape index (κ1) is 29.6. The summed E-state index contributed by atoms with van der Waals surface area (Å²) >= 11 is 0. The van der Waals surface area contributed by atoms with E-state index in [0.29, 0.717) is 0 Å². The molecule has 1 aliphatic heterocycles. The Morgan fingerprint density at radius 1 is 0.444 bits per heavy atom. The van der Waals surface area contributed by atoms with Crippen molar-refractivity contribution >= 4 is 87.8 Å². The summed E-state index contributed by atoms with van der Waals surface area (Å²) < 4.78 is 5.07. The van der Waals surface area contributed by atoms with Crippen LogP contribution in [-0.2, 0) is 0 Å². The average molecular weight is 688 g/mol. The number of benzene rings is 8. The quantitative estimate of drug-likeness (QED) is 0.176. The molecule has 0 saturated heterocycles. The fourth-order valence-corrected chi connectivity index (χ4v) is 9.29. The van der Waals surface area contributed by atoms with Gasteiger partial charge in [0.15, 0.2) is 0 Å². The molecule has 12 rings (SSSR count). The number of hydrogen-bond donors (Lipinski definition) is 0. The number of fused-ring (bicyclic) bond motifs is 12. The largest absolute Gasteiger partial charge is 0.308 e. The lowest BCUT2D eigenvalue weighted by atomic mass is 9.98. The van der Waals surface area contributed by atoms with Crippen LogP contribution in [0.25, 0.3) is 87.5 Å². The monoisotopic (exact) mass is 687 g/mol. The van der Waals surface area contributed by atoms with E-state index < -0.39 is 0 Å². The van der Waals surface area contributed by atoms with Gasteiger partial charge in [0.05, 0.1) is 39.0 Å². The molecule has 0 amide bonds. The maximum Gasteiger partial charge on any atom is 0.0726 e. The Hall–Kier alpha value is -6.97. The van der Waals surface area contributed by atoms with Crippen molar-refractivity contribution in [1.82, 2.24) is 8.97 Å². The van der Waals surface area contributed by atoms with Crippen LogP contribution in [0.3, 0.4) is 0 Å². The van der Waals surface area contributed by atoms with E-state index >= 15 is 0 Å². The first-order chi connectivity index (χ1) is 26.8. The van der Waals surface area contributed by atoms with Gasteiger partial charge in [-0.3, -0.25) is 4.99 Å². The van der Waals surface area contributed by atoms with Crippen molar-refractivity contribution in [3.8, 4) is 11.1 Å². The lowest BCUT2D eigenvalue weighted by molar-refractivity contribution is 1.06. The summed E-state index contributed by atoms with van der Waals surface area (Å²) in [5, 5.41) is 10.2. The molecule has 8 aromatic carbocycles. The summed E-state index contributed by atoms with van der Waals surface area (Å²) in [4.78, 5) is 5.47. The van der Waals surface area contributed by atoms with Crippen LogP contribution < -0.4 is 0 Å². The molecule has 54 heavy (non-hydrogen) atoms. The molecule has 0 radical (unpaired) electrons. The fraction of sp³-hybridized carbons (Fsp3) is 0.0392. The first-order valence-electron chi connectivity index (χ1n) is 18.9. The van der Waals surface area contributed by atoms with Crippen molar-refractivity contribution in [3.63, 3.8) is 0 Å². The molecule has 0 atom stereocenters. The van der Waals surface area contributed by atoms with Gasteiger partial charge in [0.2, 0.25) is 0 Å². The minimum Gasteiger partial charge on any atom is -0.308 e. The van der Waals surface area contributed by atoms with E-state index in [2.05, 4.69) is 185 Å².